The van der Waals surface area contributed by atoms with Crippen molar-refractivity contribution in [3.05, 3.63) is 88.1 Å². The summed E-state index contributed by atoms with van der Waals surface area (Å²) >= 11 is 1.56. The van der Waals surface area contributed by atoms with E-state index < -0.39 is 17.8 Å². The van der Waals surface area contributed by atoms with Gasteiger partial charge in [-0.15, -0.1) is 11.3 Å². The standard InChI is InChI=1S/C30H28N4O5S/c1-2-11-32-29(36)24-8-7-20(26(34-24)30(37)38)21-15-25-23(27-18(9-12-39-25)10-13-40-27)14-22(21)28(35)33-19-5-3-17(16-31)4-6-19/h3-8,10,13-15H,2,9,11-12,16,31H2,1H3,(H,32,36)(H,33,35)(H,37,38). The minimum atomic E-state index is -1.32. The van der Waals surface area contributed by atoms with Crippen LogP contribution in [0.1, 0.15) is 55.8 Å². The van der Waals surface area contributed by atoms with Crippen molar-refractivity contribution in [3.8, 4) is 27.3 Å². The molecule has 0 aliphatic carbocycles. The predicted octanol–water partition coefficient (Wildman–Crippen LogP) is 4.96. The molecule has 3 heterocycles. The average molecular weight is 557 g/mol. The first-order chi connectivity index (χ1) is 19.4. The summed E-state index contributed by atoms with van der Waals surface area (Å²) in [5.74, 6) is -1.67. The van der Waals surface area contributed by atoms with Crippen LogP contribution in [0.25, 0.3) is 21.6 Å². The molecule has 0 fully saturated rings. The number of nitrogens with one attached hydrogen (secondary N) is 2. The molecule has 4 aromatic rings. The van der Waals surface area contributed by atoms with Crippen molar-refractivity contribution in [1.29, 1.82) is 0 Å². The van der Waals surface area contributed by atoms with Crippen molar-refractivity contribution in [3.63, 3.8) is 0 Å². The third-order valence-electron chi connectivity index (χ3n) is 6.59. The lowest BCUT2D eigenvalue weighted by Crippen LogP contribution is -2.25. The highest BCUT2D eigenvalue weighted by atomic mass is 32.1. The van der Waals surface area contributed by atoms with Gasteiger partial charge in [-0.1, -0.05) is 19.1 Å². The summed E-state index contributed by atoms with van der Waals surface area (Å²) in [5, 5.41) is 17.7. The smallest absolute Gasteiger partial charge is 0.355 e. The fraction of sp³-hybridized carbons (Fsp3) is 0.200. The number of amides is 2. The maximum atomic E-state index is 13.8. The summed E-state index contributed by atoms with van der Waals surface area (Å²) in [5.41, 5.74) is 9.49. The van der Waals surface area contributed by atoms with Gasteiger partial charge in [-0.3, -0.25) is 9.59 Å². The Hall–Kier alpha value is -4.54. The van der Waals surface area contributed by atoms with Crippen molar-refractivity contribution in [2.45, 2.75) is 26.3 Å². The number of ether oxygens (including phenoxy) is 1. The van der Waals surface area contributed by atoms with E-state index in [1.807, 2.05) is 30.5 Å². The topological polar surface area (TPSA) is 144 Å². The van der Waals surface area contributed by atoms with Crippen LogP contribution >= 0.6 is 11.3 Å². The summed E-state index contributed by atoms with van der Waals surface area (Å²) in [4.78, 5) is 43.8. The van der Waals surface area contributed by atoms with Gasteiger partial charge < -0.3 is 26.2 Å². The monoisotopic (exact) mass is 556 g/mol. The van der Waals surface area contributed by atoms with Gasteiger partial charge in [-0.2, -0.15) is 0 Å². The Morgan fingerprint density at radius 2 is 1.82 bits per heavy atom. The SMILES string of the molecule is CCCNC(=O)c1ccc(-c2cc3c(cc2C(=O)Nc2ccc(CN)cc2)-c2sccc2CCO3)c(C(=O)O)n1. The van der Waals surface area contributed by atoms with Gasteiger partial charge in [-0.05, 0) is 65.4 Å². The van der Waals surface area contributed by atoms with Gasteiger partial charge in [-0.25, -0.2) is 9.78 Å². The Kier molecular flexibility index (Phi) is 7.90. The van der Waals surface area contributed by atoms with Crippen LogP contribution in [0.3, 0.4) is 0 Å². The Labute approximate surface area is 235 Å². The lowest BCUT2D eigenvalue weighted by atomic mass is 9.93. The Balaban J connectivity index is 1.65. The number of nitrogens with two attached hydrogens (primary N) is 1. The van der Waals surface area contributed by atoms with Gasteiger partial charge in [0.2, 0.25) is 0 Å². The average Bonchev–Trinajstić information content (AvgIpc) is 3.37. The van der Waals surface area contributed by atoms with E-state index in [1.165, 1.54) is 12.1 Å². The molecular weight excluding hydrogens is 528 g/mol. The van der Waals surface area contributed by atoms with Crippen molar-refractivity contribution in [1.82, 2.24) is 10.3 Å². The molecule has 1 aliphatic heterocycles. The van der Waals surface area contributed by atoms with Crippen LogP contribution < -0.4 is 21.1 Å². The minimum absolute atomic E-state index is 0.0187. The third-order valence-corrected chi connectivity index (χ3v) is 7.58. The van der Waals surface area contributed by atoms with Gasteiger partial charge in [0.1, 0.15) is 11.4 Å². The number of rotatable bonds is 8. The Morgan fingerprint density at radius 3 is 2.55 bits per heavy atom. The Morgan fingerprint density at radius 1 is 1.02 bits per heavy atom. The number of nitrogens with zero attached hydrogens (tertiary/aromatic N) is 1. The van der Waals surface area contributed by atoms with E-state index in [2.05, 4.69) is 15.6 Å². The number of carboxylic acid groups (broad SMARTS) is 1. The number of anilines is 1. The molecule has 0 spiro atoms. The van der Waals surface area contributed by atoms with Crippen molar-refractivity contribution < 1.29 is 24.2 Å². The molecular formula is C30H28N4O5S. The zero-order valence-electron chi connectivity index (χ0n) is 21.8. The summed E-state index contributed by atoms with van der Waals surface area (Å²) in [7, 11) is 0. The number of hydrogen-bond donors (Lipinski definition) is 4. The van der Waals surface area contributed by atoms with E-state index in [-0.39, 0.29) is 22.5 Å². The highest BCUT2D eigenvalue weighted by Crippen LogP contribution is 2.43. The molecule has 1 aliphatic rings. The largest absolute Gasteiger partial charge is 0.493 e. The van der Waals surface area contributed by atoms with E-state index in [1.54, 1.807) is 35.6 Å². The van der Waals surface area contributed by atoms with Crippen molar-refractivity contribution >= 4 is 34.8 Å². The number of thiophene rings is 1. The zero-order valence-corrected chi connectivity index (χ0v) is 22.6. The number of benzene rings is 2. The molecule has 5 N–H and O–H groups in total. The summed E-state index contributed by atoms with van der Waals surface area (Å²) < 4.78 is 6.07. The van der Waals surface area contributed by atoms with Crippen LogP contribution in [0, 0.1) is 0 Å². The molecule has 2 amide bonds. The highest BCUT2D eigenvalue weighted by Gasteiger charge is 2.26. The van der Waals surface area contributed by atoms with E-state index >= 15 is 0 Å². The molecule has 2 aromatic carbocycles. The summed E-state index contributed by atoms with van der Waals surface area (Å²) in [6.07, 6.45) is 1.44. The van der Waals surface area contributed by atoms with Gasteiger partial charge in [0.25, 0.3) is 11.8 Å². The summed E-state index contributed by atoms with van der Waals surface area (Å²) in [6, 6.07) is 15.6. The van der Waals surface area contributed by atoms with Crippen LogP contribution in [-0.2, 0) is 13.0 Å². The number of aromatic nitrogens is 1. The second kappa shape index (κ2) is 11.7. The van der Waals surface area contributed by atoms with Crippen molar-refractivity contribution in [2.24, 2.45) is 5.73 Å². The van der Waals surface area contributed by atoms with Crippen LogP contribution in [0.4, 0.5) is 5.69 Å². The summed E-state index contributed by atoms with van der Waals surface area (Å²) in [6.45, 7) is 3.17. The van der Waals surface area contributed by atoms with Crippen LogP contribution in [-0.4, -0.2) is 41.0 Å². The minimum Gasteiger partial charge on any atom is -0.493 e. The maximum Gasteiger partial charge on any atom is 0.355 e. The molecule has 0 saturated heterocycles. The van der Waals surface area contributed by atoms with E-state index in [4.69, 9.17) is 10.5 Å². The number of hydrogen-bond acceptors (Lipinski definition) is 7. The zero-order chi connectivity index (χ0) is 28.2. The van der Waals surface area contributed by atoms with Crippen LogP contribution in [0.5, 0.6) is 5.75 Å². The molecule has 10 heteroatoms. The first-order valence-electron chi connectivity index (χ1n) is 12.9. The van der Waals surface area contributed by atoms with Gasteiger partial charge in [0.15, 0.2) is 5.69 Å². The van der Waals surface area contributed by atoms with Gasteiger partial charge >= 0.3 is 5.97 Å². The molecule has 0 atom stereocenters. The quantitative estimate of drug-likeness (QED) is 0.240. The van der Waals surface area contributed by atoms with E-state index in [9.17, 15) is 19.5 Å². The second-order valence-corrected chi connectivity index (χ2v) is 10.2. The third kappa shape index (κ3) is 5.45. The normalized spacial score (nSPS) is 11.9. The number of pyridine rings is 1. The molecule has 2 aromatic heterocycles. The highest BCUT2D eigenvalue weighted by molar-refractivity contribution is 7.13. The first-order valence-corrected chi connectivity index (χ1v) is 13.8. The lowest BCUT2D eigenvalue weighted by Gasteiger charge is -2.17. The fourth-order valence-corrected chi connectivity index (χ4v) is 5.52. The lowest BCUT2D eigenvalue weighted by molar-refractivity contribution is 0.0691. The molecule has 0 radical (unpaired) electrons. The maximum absolute atomic E-state index is 13.8. The van der Waals surface area contributed by atoms with Gasteiger partial charge in [0.05, 0.1) is 6.61 Å². The Bertz CT molecular complexity index is 1600. The van der Waals surface area contributed by atoms with Crippen LogP contribution in [0.15, 0.2) is 60.0 Å². The molecule has 5 rings (SSSR count). The van der Waals surface area contributed by atoms with Crippen LogP contribution in [0.2, 0.25) is 0 Å². The van der Waals surface area contributed by atoms with Gasteiger partial charge in [0, 0.05) is 52.3 Å². The molecule has 0 saturated carbocycles. The fourth-order valence-electron chi connectivity index (χ4n) is 4.54. The van der Waals surface area contributed by atoms with E-state index in [0.717, 1.165) is 28.0 Å². The molecule has 40 heavy (non-hydrogen) atoms. The molecule has 0 unspecified atom stereocenters. The number of carbonyl (C=O) groups is 3. The van der Waals surface area contributed by atoms with Crippen molar-refractivity contribution in [2.75, 3.05) is 18.5 Å². The molecule has 0 bridgehead atoms. The molecule has 9 nitrogen and oxygen atoms in total. The predicted molar refractivity (Wildman–Crippen MR) is 154 cm³/mol. The number of aromatic carboxylic acids is 1. The number of carbonyl (C=O) groups excluding carboxylic acids is 2. The second-order valence-electron chi connectivity index (χ2n) is 9.28. The number of fused-ring (bicyclic) bond motifs is 3. The number of carboxylic acids is 1. The first kappa shape index (κ1) is 27.0. The molecule has 204 valence electrons. The van der Waals surface area contributed by atoms with E-state index in [0.29, 0.717) is 43.1 Å².